The van der Waals surface area contributed by atoms with Gasteiger partial charge in [-0.25, -0.2) is 4.79 Å². The molecular weight excluding hydrogens is 454 g/mol. The maximum absolute atomic E-state index is 12.7. The summed E-state index contributed by atoms with van der Waals surface area (Å²) < 4.78 is 5.33. The quantitative estimate of drug-likeness (QED) is 0.587. The minimum Gasteiger partial charge on any atom is -0.446 e. The van der Waals surface area contributed by atoms with Gasteiger partial charge >= 0.3 is 6.09 Å². The number of fused-ring (bicyclic) bond motifs is 1. The van der Waals surface area contributed by atoms with Crippen LogP contribution >= 0.6 is 23.5 Å². The van der Waals surface area contributed by atoms with Crippen molar-refractivity contribution in [2.24, 2.45) is 0 Å². The molecule has 32 heavy (non-hydrogen) atoms. The largest absolute Gasteiger partial charge is 0.446 e. The fourth-order valence-electron chi connectivity index (χ4n) is 3.61. The first-order valence-corrected chi connectivity index (χ1v) is 12.1. The summed E-state index contributed by atoms with van der Waals surface area (Å²) in [6.07, 6.45) is 4.91. The van der Waals surface area contributed by atoms with Crippen molar-refractivity contribution >= 4 is 53.0 Å². The van der Waals surface area contributed by atoms with Crippen LogP contribution in [0.1, 0.15) is 19.8 Å². The lowest BCUT2D eigenvalue weighted by Gasteiger charge is -2.30. The van der Waals surface area contributed by atoms with Crippen LogP contribution in [0.5, 0.6) is 0 Å². The van der Waals surface area contributed by atoms with Gasteiger partial charge in [0.15, 0.2) is 5.37 Å². The van der Waals surface area contributed by atoms with E-state index < -0.39 is 22.7 Å². The molecule has 1 fully saturated rings. The van der Waals surface area contributed by atoms with E-state index in [2.05, 4.69) is 20.9 Å². The Hall–Kier alpha value is -2.73. The fourth-order valence-corrected chi connectivity index (χ4v) is 5.65. The van der Waals surface area contributed by atoms with Crippen molar-refractivity contribution in [1.29, 1.82) is 0 Å². The number of hydrogen-bond donors (Lipinski definition) is 3. The summed E-state index contributed by atoms with van der Waals surface area (Å²) in [4.78, 5) is 55.5. The number of ether oxygens (including phenoxy) is 1. The van der Waals surface area contributed by atoms with Crippen LogP contribution in [0.2, 0.25) is 0 Å². The van der Waals surface area contributed by atoms with E-state index >= 15 is 0 Å². The number of nitrogens with zero attached hydrogens (tertiary/aromatic N) is 2. The summed E-state index contributed by atoms with van der Waals surface area (Å²) in [6.45, 7) is 2.54. The van der Waals surface area contributed by atoms with Gasteiger partial charge in [0.05, 0.1) is 11.9 Å². The second-order valence-electron chi connectivity index (χ2n) is 7.46. The van der Waals surface area contributed by atoms with E-state index in [-0.39, 0.29) is 17.9 Å². The summed E-state index contributed by atoms with van der Waals surface area (Å²) in [6, 6.07) is 1.83. The number of pyridine rings is 1. The van der Waals surface area contributed by atoms with Gasteiger partial charge in [0.1, 0.15) is 11.5 Å². The molecule has 1 aromatic heterocycles. The number of imide groups is 1. The maximum atomic E-state index is 12.7. The third-order valence-corrected chi connectivity index (χ3v) is 7.55. The summed E-state index contributed by atoms with van der Waals surface area (Å²) in [7, 11) is 0. The maximum Gasteiger partial charge on any atom is 0.414 e. The molecule has 3 aliphatic heterocycles. The molecule has 0 aromatic carbocycles. The molecule has 2 atom stereocenters. The molecule has 0 saturated carbocycles. The Bertz CT molecular complexity index is 938. The van der Waals surface area contributed by atoms with Gasteiger partial charge in [0.2, 0.25) is 5.91 Å². The molecule has 0 aliphatic carbocycles. The van der Waals surface area contributed by atoms with Crippen LogP contribution in [0.25, 0.3) is 0 Å². The monoisotopic (exact) mass is 477 g/mol. The molecule has 2 unspecified atom stereocenters. The summed E-state index contributed by atoms with van der Waals surface area (Å²) >= 11 is 2.77. The fraction of sp³-hybridized carbons (Fsp3) is 0.450. The van der Waals surface area contributed by atoms with Crippen molar-refractivity contribution in [2.75, 3.05) is 24.2 Å². The van der Waals surface area contributed by atoms with Crippen LogP contribution in [0.4, 0.5) is 10.5 Å². The molecule has 170 valence electrons. The first-order valence-electron chi connectivity index (χ1n) is 10.2. The third kappa shape index (κ3) is 5.18. The predicted molar refractivity (Wildman–Crippen MR) is 120 cm³/mol. The number of anilines is 1. The Kier molecular flexibility index (Phi) is 6.89. The van der Waals surface area contributed by atoms with E-state index in [1.54, 1.807) is 23.4 Å². The van der Waals surface area contributed by atoms with Crippen LogP contribution in [0, 0.1) is 0 Å². The van der Waals surface area contributed by atoms with Gasteiger partial charge in [0, 0.05) is 55.3 Å². The highest BCUT2D eigenvalue weighted by Crippen LogP contribution is 2.37. The van der Waals surface area contributed by atoms with Crippen molar-refractivity contribution in [2.45, 2.75) is 41.5 Å². The molecule has 0 radical (unpaired) electrons. The summed E-state index contributed by atoms with van der Waals surface area (Å²) in [5.41, 5.74) is 1.11. The molecule has 10 nitrogen and oxygen atoms in total. The molecule has 3 N–H and O–H groups in total. The van der Waals surface area contributed by atoms with Crippen LogP contribution < -0.4 is 16.0 Å². The van der Waals surface area contributed by atoms with E-state index in [4.69, 9.17) is 4.74 Å². The number of nitrogens with one attached hydrogen (secondary N) is 3. The zero-order valence-corrected chi connectivity index (χ0v) is 19.0. The smallest absolute Gasteiger partial charge is 0.414 e. The van der Waals surface area contributed by atoms with E-state index in [0.29, 0.717) is 37.3 Å². The topological polar surface area (TPSA) is 130 Å². The van der Waals surface area contributed by atoms with E-state index in [9.17, 15) is 19.2 Å². The molecule has 4 heterocycles. The van der Waals surface area contributed by atoms with Crippen LogP contribution in [0.3, 0.4) is 0 Å². The number of rotatable bonds is 4. The number of carbonyl (C=O) groups is 4. The molecule has 4 rings (SSSR count). The predicted octanol–water partition coefficient (Wildman–Crippen LogP) is 1.30. The molecule has 0 spiro atoms. The molecular formula is C20H23N5O5S2. The number of amides is 4. The lowest BCUT2D eigenvalue weighted by molar-refractivity contribution is -0.130. The van der Waals surface area contributed by atoms with Gasteiger partial charge in [0.25, 0.3) is 11.8 Å². The highest BCUT2D eigenvalue weighted by Gasteiger charge is 2.34. The number of aromatic nitrogens is 1. The number of carbonyl (C=O) groups excluding carboxylic acids is 4. The molecule has 4 amide bonds. The second-order valence-corrected chi connectivity index (χ2v) is 9.75. The van der Waals surface area contributed by atoms with Crippen molar-refractivity contribution in [3.63, 3.8) is 0 Å². The normalized spacial score (nSPS) is 22.4. The van der Waals surface area contributed by atoms with Crippen LogP contribution in [-0.4, -0.2) is 69.4 Å². The molecule has 1 aromatic rings. The molecule has 12 heteroatoms. The van der Waals surface area contributed by atoms with Gasteiger partial charge in [-0.05, 0) is 6.07 Å². The van der Waals surface area contributed by atoms with Gasteiger partial charge in [-0.2, -0.15) is 0 Å². The van der Waals surface area contributed by atoms with Gasteiger partial charge in [-0.1, -0.05) is 17.8 Å². The number of alkyl carbamates (subject to hydrolysis) is 1. The van der Waals surface area contributed by atoms with Crippen LogP contribution in [-0.2, 0) is 19.1 Å². The Morgan fingerprint density at radius 3 is 2.75 bits per heavy atom. The SMILES string of the molecule is CC(=O)N1CCC(OC(=O)NC(=O)C2=CCSC2NC(=O)C2Nc3cnccc3S2)CC1. The summed E-state index contributed by atoms with van der Waals surface area (Å²) in [5.74, 6) is -0.314. The number of likely N-dealkylation sites (tertiary alicyclic amines) is 1. The number of hydrogen-bond acceptors (Lipinski definition) is 9. The average molecular weight is 478 g/mol. The number of thioether (sulfide) groups is 2. The first kappa shape index (κ1) is 22.5. The molecule has 3 aliphatic rings. The van der Waals surface area contributed by atoms with Gasteiger partial charge in [-0.15, -0.1) is 11.8 Å². The zero-order valence-electron chi connectivity index (χ0n) is 17.3. The minimum absolute atomic E-state index is 0.00594. The van der Waals surface area contributed by atoms with E-state index in [0.717, 1.165) is 10.6 Å². The Balaban J connectivity index is 1.25. The minimum atomic E-state index is -0.824. The van der Waals surface area contributed by atoms with Crippen LogP contribution in [0.15, 0.2) is 35.0 Å². The van der Waals surface area contributed by atoms with Gasteiger partial charge in [-0.3, -0.25) is 24.7 Å². The standard InChI is InChI=1S/C20H23N5O5S2/c1-11(26)25-7-3-12(4-8-25)30-20(29)24-16(27)13-5-9-31-18(13)23-17(28)19-22-14-10-21-6-2-15(14)32-19/h2,5-6,10,12,18-19,22H,3-4,7-9H2,1H3,(H,23,28)(H,24,27,29). The average Bonchev–Trinajstić information content (AvgIpc) is 3.41. The highest BCUT2D eigenvalue weighted by atomic mass is 32.2. The Morgan fingerprint density at radius 1 is 1.25 bits per heavy atom. The van der Waals surface area contributed by atoms with E-state index in [1.807, 2.05) is 6.07 Å². The second kappa shape index (κ2) is 9.82. The third-order valence-electron chi connectivity index (χ3n) is 5.31. The Morgan fingerprint density at radius 2 is 2.03 bits per heavy atom. The van der Waals surface area contributed by atoms with Crippen molar-refractivity contribution in [3.8, 4) is 0 Å². The van der Waals surface area contributed by atoms with Crippen molar-refractivity contribution in [3.05, 3.63) is 30.1 Å². The van der Waals surface area contributed by atoms with Crippen molar-refractivity contribution in [1.82, 2.24) is 20.5 Å². The zero-order chi connectivity index (χ0) is 22.7. The lowest BCUT2D eigenvalue weighted by atomic mass is 10.1. The molecule has 1 saturated heterocycles. The van der Waals surface area contributed by atoms with E-state index in [1.165, 1.54) is 30.4 Å². The highest BCUT2D eigenvalue weighted by molar-refractivity contribution is 8.01. The number of piperidine rings is 1. The van der Waals surface area contributed by atoms with Gasteiger partial charge < -0.3 is 20.3 Å². The first-order chi connectivity index (χ1) is 15.4. The summed E-state index contributed by atoms with van der Waals surface area (Å²) in [5, 5.41) is 7.13. The molecule has 0 bridgehead atoms. The lowest BCUT2D eigenvalue weighted by Crippen LogP contribution is -2.45. The Labute approximate surface area is 193 Å². The van der Waals surface area contributed by atoms with Crippen molar-refractivity contribution < 1.29 is 23.9 Å².